The Labute approximate surface area is 136 Å². The number of aromatic nitrogens is 2. The average molecular weight is 307 g/mol. The third kappa shape index (κ3) is 3.48. The normalized spacial score (nSPS) is 11.3. The van der Waals surface area contributed by atoms with Gasteiger partial charge in [-0.1, -0.05) is 43.3 Å². The van der Waals surface area contributed by atoms with Crippen LogP contribution >= 0.6 is 0 Å². The molecule has 0 saturated carbocycles. The lowest BCUT2D eigenvalue weighted by Crippen LogP contribution is -2.25. The average Bonchev–Trinajstić information content (AvgIpc) is 2.55. The molecule has 3 rings (SSSR count). The number of hydrogen-bond donors (Lipinski definition) is 0. The van der Waals surface area contributed by atoms with E-state index in [0.717, 1.165) is 24.5 Å². The Morgan fingerprint density at radius 2 is 1.83 bits per heavy atom. The van der Waals surface area contributed by atoms with E-state index in [0.29, 0.717) is 12.2 Å². The van der Waals surface area contributed by atoms with Crippen molar-refractivity contribution < 1.29 is 0 Å². The molecule has 0 fully saturated rings. The Kier molecular flexibility index (Phi) is 4.53. The second-order valence-electron chi connectivity index (χ2n) is 5.74. The van der Waals surface area contributed by atoms with Crippen molar-refractivity contribution >= 4 is 5.65 Å². The molecule has 0 unspecified atom stereocenters. The fourth-order valence-corrected chi connectivity index (χ4v) is 2.79. The topological polar surface area (TPSA) is 37.6 Å². The van der Waals surface area contributed by atoms with Gasteiger partial charge < -0.3 is 0 Å². The number of rotatable bonds is 5. The first-order valence-electron chi connectivity index (χ1n) is 7.92. The van der Waals surface area contributed by atoms with E-state index < -0.39 is 0 Å². The summed E-state index contributed by atoms with van der Waals surface area (Å²) in [6, 6.07) is 17.7. The zero-order chi connectivity index (χ0) is 16.2. The molecule has 23 heavy (non-hydrogen) atoms. The maximum absolute atomic E-state index is 12.4. The van der Waals surface area contributed by atoms with Gasteiger partial charge in [0.2, 0.25) is 0 Å². The molecule has 3 aromatic rings. The summed E-state index contributed by atoms with van der Waals surface area (Å²) in [6.07, 6.45) is 0. The smallest absolute Gasteiger partial charge is 0.258 e. The van der Waals surface area contributed by atoms with Crippen LogP contribution in [0.15, 0.2) is 59.4 Å². The number of hydrogen-bond acceptors (Lipinski definition) is 3. The molecule has 0 atom stereocenters. The number of benzene rings is 1. The molecule has 2 aromatic heterocycles. The highest BCUT2D eigenvalue weighted by molar-refractivity contribution is 5.40. The zero-order valence-electron chi connectivity index (χ0n) is 13.6. The van der Waals surface area contributed by atoms with E-state index in [9.17, 15) is 4.79 Å². The predicted molar refractivity (Wildman–Crippen MR) is 92.4 cm³/mol. The van der Waals surface area contributed by atoms with Crippen molar-refractivity contribution in [3.05, 3.63) is 81.9 Å². The molecule has 0 spiro atoms. The van der Waals surface area contributed by atoms with Crippen LogP contribution in [-0.2, 0) is 13.1 Å². The maximum atomic E-state index is 12.4. The number of pyridine rings is 1. The van der Waals surface area contributed by atoms with Crippen LogP contribution in [0.1, 0.15) is 23.9 Å². The lowest BCUT2D eigenvalue weighted by atomic mass is 10.2. The van der Waals surface area contributed by atoms with Crippen LogP contribution in [0.4, 0.5) is 0 Å². The van der Waals surface area contributed by atoms with Crippen LogP contribution in [0.5, 0.6) is 0 Å². The van der Waals surface area contributed by atoms with Gasteiger partial charge in [0, 0.05) is 24.8 Å². The van der Waals surface area contributed by atoms with Gasteiger partial charge in [-0.15, -0.1) is 0 Å². The van der Waals surface area contributed by atoms with Gasteiger partial charge in [-0.05, 0) is 31.2 Å². The minimum Gasteiger partial charge on any atom is -0.294 e. The summed E-state index contributed by atoms with van der Waals surface area (Å²) in [5, 5.41) is 0. The second kappa shape index (κ2) is 6.75. The first-order valence-corrected chi connectivity index (χ1v) is 7.92. The highest BCUT2D eigenvalue weighted by Crippen LogP contribution is 2.09. The lowest BCUT2D eigenvalue weighted by Gasteiger charge is -2.20. The predicted octanol–water partition coefficient (Wildman–Crippen LogP) is 3.03. The van der Waals surface area contributed by atoms with Crippen LogP contribution < -0.4 is 5.56 Å². The quantitative estimate of drug-likeness (QED) is 0.727. The summed E-state index contributed by atoms with van der Waals surface area (Å²) < 4.78 is 1.65. The lowest BCUT2D eigenvalue weighted by molar-refractivity contribution is 0.268. The molecule has 0 N–H and O–H groups in total. The molecule has 0 aliphatic rings. The maximum Gasteiger partial charge on any atom is 0.258 e. The first-order chi connectivity index (χ1) is 11.2. The molecular weight excluding hydrogens is 286 g/mol. The molecule has 0 bridgehead atoms. The van der Waals surface area contributed by atoms with Gasteiger partial charge in [0.05, 0.1) is 5.69 Å². The molecule has 0 aliphatic carbocycles. The van der Waals surface area contributed by atoms with Crippen molar-refractivity contribution in [3.8, 4) is 0 Å². The van der Waals surface area contributed by atoms with Crippen LogP contribution in [0.2, 0.25) is 0 Å². The molecule has 0 amide bonds. The van der Waals surface area contributed by atoms with Gasteiger partial charge in [0.25, 0.3) is 5.56 Å². The fourth-order valence-electron chi connectivity index (χ4n) is 2.79. The second-order valence-corrected chi connectivity index (χ2v) is 5.74. The largest absolute Gasteiger partial charge is 0.294 e. The molecule has 2 heterocycles. The van der Waals surface area contributed by atoms with Crippen molar-refractivity contribution in [2.24, 2.45) is 0 Å². The number of nitrogens with zero attached hydrogens (tertiary/aromatic N) is 3. The molecular formula is C19H21N3O. The molecule has 4 heteroatoms. The van der Waals surface area contributed by atoms with E-state index in [1.807, 2.05) is 43.3 Å². The highest BCUT2D eigenvalue weighted by atomic mass is 16.1. The van der Waals surface area contributed by atoms with Crippen LogP contribution in [-0.4, -0.2) is 20.8 Å². The third-order valence-electron chi connectivity index (χ3n) is 4.01. The highest BCUT2D eigenvalue weighted by Gasteiger charge is 2.09. The monoisotopic (exact) mass is 307 g/mol. The standard InChI is InChI=1S/C19H21N3O/c1-3-21(13-16-9-5-4-6-10-16)14-17-12-19(23)22-15(2)8-7-11-18(22)20-17/h4-12H,3,13-14H2,1-2H3. The van der Waals surface area contributed by atoms with E-state index in [4.69, 9.17) is 0 Å². The van der Waals surface area contributed by atoms with E-state index >= 15 is 0 Å². The SMILES string of the molecule is CCN(Cc1ccccc1)Cc1cc(=O)n2c(C)cccc2n1. The molecule has 118 valence electrons. The molecule has 0 aliphatic heterocycles. The van der Waals surface area contributed by atoms with Crippen molar-refractivity contribution in [1.29, 1.82) is 0 Å². The summed E-state index contributed by atoms with van der Waals surface area (Å²) in [7, 11) is 0. The number of aryl methyl sites for hydroxylation is 1. The van der Waals surface area contributed by atoms with Crippen LogP contribution in [0, 0.1) is 6.92 Å². The van der Waals surface area contributed by atoms with Crippen molar-refractivity contribution in [2.45, 2.75) is 26.9 Å². The summed E-state index contributed by atoms with van der Waals surface area (Å²) in [4.78, 5) is 19.3. The number of fused-ring (bicyclic) bond motifs is 1. The van der Waals surface area contributed by atoms with Gasteiger partial charge in [-0.25, -0.2) is 4.98 Å². The van der Waals surface area contributed by atoms with Gasteiger partial charge in [-0.3, -0.25) is 14.1 Å². The van der Waals surface area contributed by atoms with E-state index in [2.05, 4.69) is 28.9 Å². The minimum atomic E-state index is -0.0149. The van der Waals surface area contributed by atoms with Crippen LogP contribution in [0.3, 0.4) is 0 Å². The Balaban J connectivity index is 1.86. The summed E-state index contributed by atoms with van der Waals surface area (Å²) >= 11 is 0. The van der Waals surface area contributed by atoms with E-state index in [-0.39, 0.29) is 5.56 Å². The fraction of sp³-hybridized carbons (Fsp3) is 0.263. The summed E-state index contributed by atoms with van der Waals surface area (Å²) in [6.45, 7) is 6.48. The Morgan fingerprint density at radius 3 is 2.57 bits per heavy atom. The molecule has 4 nitrogen and oxygen atoms in total. The summed E-state index contributed by atoms with van der Waals surface area (Å²) in [5.41, 5.74) is 3.69. The van der Waals surface area contributed by atoms with Gasteiger partial charge >= 0.3 is 0 Å². The van der Waals surface area contributed by atoms with Gasteiger partial charge in [-0.2, -0.15) is 0 Å². The Morgan fingerprint density at radius 1 is 1.04 bits per heavy atom. The van der Waals surface area contributed by atoms with Crippen molar-refractivity contribution in [3.63, 3.8) is 0 Å². The molecule has 0 radical (unpaired) electrons. The Hall–Kier alpha value is -2.46. The van der Waals surface area contributed by atoms with Crippen LogP contribution in [0.25, 0.3) is 5.65 Å². The Bertz CT molecular complexity index is 855. The minimum absolute atomic E-state index is 0.0149. The van der Waals surface area contributed by atoms with Crippen molar-refractivity contribution in [1.82, 2.24) is 14.3 Å². The van der Waals surface area contributed by atoms with E-state index in [1.165, 1.54) is 5.56 Å². The molecule has 1 aromatic carbocycles. The molecule has 0 saturated heterocycles. The van der Waals surface area contributed by atoms with E-state index in [1.54, 1.807) is 10.5 Å². The van der Waals surface area contributed by atoms with Crippen molar-refractivity contribution in [2.75, 3.05) is 6.54 Å². The first kappa shape index (κ1) is 15.4. The van der Waals surface area contributed by atoms with Gasteiger partial charge in [0.1, 0.15) is 5.65 Å². The zero-order valence-corrected chi connectivity index (χ0v) is 13.6. The summed E-state index contributed by atoms with van der Waals surface area (Å²) in [5.74, 6) is 0. The third-order valence-corrected chi connectivity index (χ3v) is 4.01. The van der Waals surface area contributed by atoms with Gasteiger partial charge in [0.15, 0.2) is 0 Å².